The van der Waals surface area contributed by atoms with Crippen LogP contribution in [-0.4, -0.2) is 22.0 Å². The van der Waals surface area contributed by atoms with E-state index < -0.39 is 10.0 Å². The molecule has 0 unspecified atom stereocenters. The number of halogens is 1. The van der Waals surface area contributed by atoms with E-state index >= 15 is 0 Å². The van der Waals surface area contributed by atoms with E-state index in [4.69, 9.17) is 0 Å². The largest absolute Gasteiger partial charge is 0.353 e. The van der Waals surface area contributed by atoms with Gasteiger partial charge in [0.05, 0.1) is 6.54 Å². The van der Waals surface area contributed by atoms with Crippen LogP contribution >= 0.6 is 27.3 Å². The molecule has 0 saturated heterocycles. The minimum absolute atomic E-state index is 0.0597. The zero-order valence-corrected chi connectivity index (χ0v) is 13.7. The van der Waals surface area contributed by atoms with Crippen molar-refractivity contribution in [1.29, 1.82) is 0 Å². The number of hydrogen-bond acceptors (Lipinski definition) is 3. The van der Waals surface area contributed by atoms with E-state index in [0.29, 0.717) is 13.1 Å². The van der Waals surface area contributed by atoms with Crippen LogP contribution in [0.2, 0.25) is 0 Å². The van der Waals surface area contributed by atoms with Crippen molar-refractivity contribution in [3.63, 3.8) is 0 Å². The van der Waals surface area contributed by atoms with Crippen LogP contribution in [0.25, 0.3) is 0 Å². The Morgan fingerprint density at radius 2 is 2.11 bits per heavy atom. The molecule has 0 fully saturated rings. The zero-order valence-electron chi connectivity index (χ0n) is 10.5. The van der Waals surface area contributed by atoms with Gasteiger partial charge in [0.1, 0.15) is 4.66 Å². The average molecular weight is 363 g/mol. The molecule has 0 atom stereocenters. The van der Waals surface area contributed by atoms with Gasteiger partial charge < -0.3 is 4.57 Å². The number of thiophene rings is 1. The molecule has 0 aliphatic heterocycles. The molecule has 0 radical (unpaired) electrons. The SMILES string of the molecule is Cn1cccc1CN(Cc1cccs1)S(=O)(=O)CBr. The van der Waals surface area contributed by atoms with Crippen molar-refractivity contribution in [3.05, 3.63) is 46.4 Å². The quantitative estimate of drug-likeness (QED) is 0.741. The van der Waals surface area contributed by atoms with Gasteiger partial charge >= 0.3 is 0 Å². The summed E-state index contributed by atoms with van der Waals surface area (Å²) in [5.41, 5.74) is 0.973. The topological polar surface area (TPSA) is 42.3 Å². The third kappa shape index (κ3) is 3.68. The fraction of sp³-hybridized carbons (Fsp3) is 0.333. The minimum atomic E-state index is -3.29. The predicted octanol–water partition coefficient (Wildman–Crippen LogP) is 2.77. The van der Waals surface area contributed by atoms with Gasteiger partial charge in [-0.25, -0.2) is 8.42 Å². The van der Waals surface area contributed by atoms with E-state index in [0.717, 1.165) is 10.6 Å². The van der Waals surface area contributed by atoms with E-state index in [1.165, 1.54) is 4.31 Å². The summed E-state index contributed by atoms with van der Waals surface area (Å²) in [7, 11) is -1.37. The normalized spacial score (nSPS) is 12.2. The van der Waals surface area contributed by atoms with Gasteiger partial charge in [0, 0.05) is 30.4 Å². The molecule has 0 bridgehead atoms. The molecule has 0 aliphatic rings. The van der Waals surface area contributed by atoms with E-state index in [2.05, 4.69) is 15.9 Å². The van der Waals surface area contributed by atoms with Crippen LogP contribution in [0.5, 0.6) is 0 Å². The van der Waals surface area contributed by atoms with Crippen molar-refractivity contribution in [1.82, 2.24) is 8.87 Å². The molecule has 104 valence electrons. The fourth-order valence-corrected chi connectivity index (χ4v) is 4.21. The molecule has 2 rings (SSSR count). The molecule has 0 amide bonds. The lowest BCUT2D eigenvalue weighted by Gasteiger charge is -2.20. The second-order valence-electron chi connectivity index (χ2n) is 4.18. The van der Waals surface area contributed by atoms with Gasteiger partial charge in [0.25, 0.3) is 0 Å². The Hall–Kier alpha value is -0.630. The van der Waals surface area contributed by atoms with Crippen LogP contribution in [0.4, 0.5) is 0 Å². The van der Waals surface area contributed by atoms with Crippen LogP contribution in [-0.2, 0) is 30.2 Å². The summed E-state index contributed by atoms with van der Waals surface area (Å²) in [4.78, 5) is 1.04. The van der Waals surface area contributed by atoms with E-state index in [-0.39, 0.29) is 4.66 Å². The maximum Gasteiger partial charge on any atom is 0.224 e. The molecule has 0 saturated carbocycles. The summed E-state index contributed by atoms with van der Waals surface area (Å²) in [5.74, 6) is 0. The second kappa shape index (κ2) is 6.21. The van der Waals surface area contributed by atoms with Crippen LogP contribution in [0.1, 0.15) is 10.6 Å². The second-order valence-corrected chi connectivity index (χ2v) is 8.48. The number of alkyl halides is 1. The van der Waals surface area contributed by atoms with Gasteiger partial charge in [0.15, 0.2) is 0 Å². The van der Waals surface area contributed by atoms with Crippen molar-refractivity contribution in [2.45, 2.75) is 13.1 Å². The molecule has 0 aromatic carbocycles. The number of aromatic nitrogens is 1. The van der Waals surface area contributed by atoms with Crippen molar-refractivity contribution < 1.29 is 8.42 Å². The van der Waals surface area contributed by atoms with Crippen LogP contribution < -0.4 is 0 Å². The molecular weight excluding hydrogens is 348 g/mol. The number of aryl methyl sites for hydroxylation is 1. The van der Waals surface area contributed by atoms with E-state index in [1.54, 1.807) is 11.3 Å². The standard InChI is InChI=1S/C12H15BrN2O2S2/c1-14-6-2-4-11(14)8-15(19(16,17)10-13)9-12-5-3-7-18-12/h2-7H,8-10H2,1H3. The summed E-state index contributed by atoms with van der Waals surface area (Å²) in [6.07, 6.45) is 1.92. The maximum absolute atomic E-state index is 12.1. The highest BCUT2D eigenvalue weighted by Crippen LogP contribution is 2.18. The van der Waals surface area contributed by atoms with Crippen LogP contribution in [0, 0.1) is 0 Å². The molecule has 0 spiro atoms. The first-order valence-corrected chi connectivity index (χ1v) is 9.30. The summed E-state index contributed by atoms with van der Waals surface area (Å²) in [6, 6.07) is 7.73. The highest BCUT2D eigenvalue weighted by Gasteiger charge is 2.22. The first-order chi connectivity index (χ1) is 9.03. The molecule has 2 aromatic heterocycles. The lowest BCUT2D eigenvalue weighted by atomic mass is 10.4. The Balaban J connectivity index is 2.22. The molecule has 2 heterocycles. The summed E-state index contributed by atoms with van der Waals surface area (Å²) < 4.78 is 27.7. The molecule has 4 nitrogen and oxygen atoms in total. The number of hydrogen-bond donors (Lipinski definition) is 0. The number of rotatable bonds is 6. The van der Waals surface area contributed by atoms with Gasteiger partial charge in [-0.15, -0.1) is 11.3 Å². The van der Waals surface area contributed by atoms with Crippen molar-refractivity contribution in [3.8, 4) is 0 Å². The Morgan fingerprint density at radius 3 is 2.63 bits per heavy atom. The maximum atomic E-state index is 12.1. The lowest BCUT2D eigenvalue weighted by molar-refractivity contribution is 0.398. The van der Waals surface area contributed by atoms with E-state index in [1.807, 2.05) is 47.5 Å². The van der Waals surface area contributed by atoms with Gasteiger partial charge in [-0.05, 0) is 23.6 Å². The molecule has 2 aromatic rings. The minimum Gasteiger partial charge on any atom is -0.353 e. The fourth-order valence-electron chi connectivity index (χ4n) is 1.74. The molecular formula is C12H15BrN2O2S2. The highest BCUT2D eigenvalue weighted by atomic mass is 79.9. The molecule has 7 heteroatoms. The Kier molecular flexibility index (Phi) is 4.83. The number of nitrogens with zero attached hydrogens (tertiary/aromatic N) is 2. The first kappa shape index (κ1) is 14.8. The summed E-state index contributed by atoms with van der Waals surface area (Å²) >= 11 is 4.63. The summed E-state index contributed by atoms with van der Waals surface area (Å²) in [6.45, 7) is 0.798. The Labute approximate surface area is 125 Å². The molecule has 0 N–H and O–H groups in total. The van der Waals surface area contributed by atoms with Crippen LogP contribution in [0.3, 0.4) is 0 Å². The van der Waals surface area contributed by atoms with Gasteiger partial charge in [-0.1, -0.05) is 22.0 Å². The van der Waals surface area contributed by atoms with Crippen molar-refractivity contribution in [2.75, 3.05) is 4.66 Å². The monoisotopic (exact) mass is 362 g/mol. The Morgan fingerprint density at radius 1 is 1.32 bits per heavy atom. The summed E-state index contributed by atoms with van der Waals surface area (Å²) in [5, 5.41) is 1.96. The number of sulfonamides is 1. The van der Waals surface area contributed by atoms with Crippen molar-refractivity contribution in [2.24, 2.45) is 7.05 Å². The third-order valence-corrected chi connectivity index (χ3v) is 6.75. The van der Waals surface area contributed by atoms with Crippen LogP contribution in [0.15, 0.2) is 35.8 Å². The van der Waals surface area contributed by atoms with Gasteiger partial charge in [0.2, 0.25) is 10.0 Å². The lowest BCUT2D eigenvalue weighted by Crippen LogP contribution is -2.31. The Bertz CT molecular complexity index is 620. The van der Waals surface area contributed by atoms with E-state index in [9.17, 15) is 8.42 Å². The van der Waals surface area contributed by atoms with Gasteiger partial charge in [-0.3, -0.25) is 0 Å². The first-order valence-electron chi connectivity index (χ1n) is 5.69. The molecule has 0 aliphatic carbocycles. The predicted molar refractivity (Wildman–Crippen MR) is 81.7 cm³/mol. The van der Waals surface area contributed by atoms with Gasteiger partial charge in [-0.2, -0.15) is 4.31 Å². The smallest absolute Gasteiger partial charge is 0.224 e. The average Bonchev–Trinajstić information content (AvgIpc) is 3.01. The zero-order chi connectivity index (χ0) is 13.9. The highest BCUT2D eigenvalue weighted by molar-refractivity contribution is 9.10. The van der Waals surface area contributed by atoms with Crippen molar-refractivity contribution >= 4 is 37.3 Å². The molecule has 19 heavy (non-hydrogen) atoms. The third-order valence-electron chi connectivity index (χ3n) is 2.83.